The molecule has 1 saturated heterocycles. The molecule has 0 radical (unpaired) electrons. The summed E-state index contributed by atoms with van der Waals surface area (Å²) in [5, 5.41) is 9.05. The number of imide groups is 1. The maximum atomic E-state index is 12.1. The smallest absolute Gasteiger partial charge is 0.252 e. The van der Waals surface area contributed by atoms with Gasteiger partial charge in [-0.05, 0) is 37.7 Å². The van der Waals surface area contributed by atoms with E-state index >= 15 is 0 Å². The first-order valence-electron chi connectivity index (χ1n) is 7.29. The van der Waals surface area contributed by atoms with Crippen molar-refractivity contribution in [1.82, 2.24) is 4.90 Å². The standard InChI is InChI=1S/C15H23NO4/c1-10-11(4-8-14(18)16(2)15(10)19)3-5-12-6-7-13(9-17)20-12/h4,8,10-13,17H,3,5-7,9H2,1-2H3/t10?,11?,12-,13-/m0/s1. The van der Waals surface area contributed by atoms with E-state index in [0.29, 0.717) is 0 Å². The van der Waals surface area contributed by atoms with Gasteiger partial charge < -0.3 is 9.84 Å². The molecule has 5 heteroatoms. The Kier molecular flexibility index (Phi) is 4.94. The minimum atomic E-state index is -0.248. The SMILES string of the molecule is CC1C(=O)N(C)C(=O)C=CC1CC[C@H]1CC[C@@H](CO)O1. The average Bonchev–Trinajstić information content (AvgIpc) is 2.89. The number of aliphatic hydroxyl groups is 1. The van der Waals surface area contributed by atoms with Gasteiger partial charge in [0.2, 0.25) is 5.91 Å². The van der Waals surface area contributed by atoms with Crippen molar-refractivity contribution in [3.63, 3.8) is 0 Å². The van der Waals surface area contributed by atoms with Crippen molar-refractivity contribution >= 4 is 11.8 Å². The van der Waals surface area contributed by atoms with Gasteiger partial charge in [0.15, 0.2) is 0 Å². The molecule has 1 N–H and O–H groups in total. The molecule has 2 unspecified atom stereocenters. The van der Waals surface area contributed by atoms with Crippen molar-refractivity contribution in [2.75, 3.05) is 13.7 Å². The molecule has 2 heterocycles. The minimum absolute atomic E-state index is 0.0311. The number of hydrogen-bond acceptors (Lipinski definition) is 4. The number of amides is 2. The lowest BCUT2D eigenvalue weighted by Crippen LogP contribution is -2.36. The fourth-order valence-corrected chi connectivity index (χ4v) is 2.93. The number of allylic oxidation sites excluding steroid dienone is 1. The molecule has 0 aromatic carbocycles. The Hall–Kier alpha value is -1.20. The minimum Gasteiger partial charge on any atom is -0.394 e. The maximum absolute atomic E-state index is 12.1. The van der Waals surface area contributed by atoms with E-state index in [1.165, 1.54) is 18.0 Å². The van der Waals surface area contributed by atoms with Crippen molar-refractivity contribution < 1.29 is 19.4 Å². The van der Waals surface area contributed by atoms with Gasteiger partial charge in [-0.2, -0.15) is 0 Å². The third-order valence-electron chi connectivity index (χ3n) is 4.40. The lowest BCUT2D eigenvalue weighted by molar-refractivity contribution is -0.143. The quantitative estimate of drug-likeness (QED) is 0.784. The van der Waals surface area contributed by atoms with Crippen LogP contribution in [0.1, 0.15) is 32.6 Å². The van der Waals surface area contributed by atoms with Crippen LogP contribution >= 0.6 is 0 Å². The molecule has 0 saturated carbocycles. The zero-order chi connectivity index (χ0) is 14.7. The van der Waals surface area contributed by atoms with E-state index in [2.05, 4.69) is 0 Å². The highest BCUT2D eigenvalue weighted by Crippen LogP contribution is 2.29. The number of nitrogens with zero attached hydrogens (tertiary/aromatic N) is 1. The molecule has 112 valence electrons. The molecular formula is C15H23NO4. The Balaban J connectivity index is 1.90. The summed E-state index contributed by atoms with van der Waals surface area (Å²) in [6.45, 7) is 1.95. The Morgan fingerprint density at radius 1 is 1.30 bits per heavy atom. The highest BCUT2D eigenvalue weighted by molar-refractivity contribution is 6.02. The zero-order valence-corrected chi connectivity index (χ0v) is 12.1. The predicted molar refractivity (Wildman–Crippen MR) is 73.8 cm³/mol. The first-order chi connectivity index (χ1) is 9.52. The van der Waals surface area contributed by atoms with Crippen LogP contribution in [0, 0.1) is 11.8 Å². The summed E-state index contributed by atoms with van der Waals surface area (Å²) < 4.78 is 5.70. The van der Waals surface area contributed by atoms with Gasteiger partial charge in [-0.25, -0.2) is 0 Å². The third kappa shape index (κ3) is 3.27. The first-order valence-corrected chi connectivity index (χ1v) is 7.29. The van der Waals surface area contributed by atoms with Crippen molar-refractivity contribution in [2.45, 2.75) is 44.8 Å². The van der Waals surface area contributed by atoms with Crippen LogP contribution in [0.4, 0.5) is 0 Å². The second-order valence-corrected chi connectivity index (χ2v) is 5.76. The summed E-state index contributed by atoms with van der Waals surface area (Å²) in [6, 6.07) is 0. The fourth-order valence-electron chi connectivity index (χ4n) is 2.93. The Bertz CT molecular complexity index is 407. The van der Waals surface area contributed by atoms with E-state index in [0.717, 1.165) is 25.7 Å². The van der Waals surface area contributed by atoms with Crippen LogP contribution in [0.3, 0.4) is 0 Å². The van der Waals surface area contributed by atoms with Crippen LogP contribution in [0.15, 0.2) is 12.2 Å². The van der Waals surface area contributed by atoms with Crippen LogP contribution in [0.25, 0.3) is 0 Å². The molecule has 1 fully saturated rings. The summed E-state index contributed by atoms with van der Waals surface area (Å²) >= 11 is 0. The lowest BCUT2D eigenvalue weighted by atomic mass is 9.88. The number of ether oxygens (including phenoxy) is 1. The predicted octanol–water partition coefficient (Wildman–Crippen LogP) is 1.11. The van der Waals surface area contributed by atoms with Crippen molar-refractivity contribution in [3.8, 4) is 0 Å². The molecule has 0 aliphatic carbocycles. The van der Waals surface area contributed by atoms with Gasteiger partial charge in [0, 0.05) is 13.0 Å². The Morgan fingerprint density at radius 3 is 2.65 bits per heavy atom. The first kappa shape index (κ1) is 15.2. The van der Waals surface area contributed by atoms with E-state index in [4.69, 9.17) is 9.84 Å². The summed E-state index contributed by atoms with van der Waals surface area (Å²) in [7, 11) is 1.53. The van der Waals surface area contributed by atoms with Crippen molar-refractivity contribution in [2.24, 2.45) is 11.8 Å². The monoisotopic (exact) mass is 281 g/mol. The Labute approximate surface area is 119 Å². The number of rotatable bonds is 4. The second kappa shape index (κ2) is 6.50. The molecular weight excluding hydrogens is 258 g/mol. The molecule has 2 aliphatic heterocycles. The van der Waals surface area contributed by atoms with E-state index in [1.54, 1.807) is 0 Å². The van der Waals surface area contributed by atoms with Gasteiger partial charge in [0.1, 0.15) is 0 Å². The fraction of sp³-hybridized carbons (Fsp3) is 0.733. The second-order valence-electron chi connectivity index (χ2n) is 5.76. The number of hydrogen-bond donors (Lipinski definition) is 1. The maximum Gasteiger partial charge on any atom is 0.252 e. The number of likely N-dealkylation sites (N-methyl/N-ethyl adjacent to an activating group) is 1. The average molecular weight is 281 g/mol. The molecule has 2 amide bonds. The van der Waals surface area contributed by atoms with E-state index in [9.17, 15) is 9.59 Å². The largest absolute Gasteiger partial charge is 0.394 e. The molecule has 0 spiro atoms. The van der Waals surface area contributed by atoms with Crippen LogP contribution in [-0.4, -0.2) is 47.7 Å². The summed E-state index contributed by atoms with van der Waals surface area (Å²) in [5.74, 6) is -0.474. The summed E-state index contributed by atoms with van der Waals surface area (Å²) in [6.07, 6.45) is 7.04. The van der Waals surface area contributed by atoms with Crippen LogP contribution in [0.2, 0.25) is 0 Å². The highest BCUT2D eigenvalue weighted by Gasteiger charge is 2.31. The van der Waals surface area contributed by atoms with Crippen molar-refractivity contribution in [1.29, 1.82) is 0 Å². The number of aliphatic hydroxyl groups excluding tert-OH is 1. The van der Waals surface area contributed by atoms with Crippen LogP contribution in [0.5, 0.6) is 0 Å². The Morgan fingerprint density at radius 2 is 2.00 bits per heavy atom. The van der Waals surface area contributed by atoms with E-state index < -0.39 is 0 Å². The topological polar surface area (TPSA) is 66.8 Å². The molecule has 2 aliphatic rings. The van der Waals surface area contributed by atoms with E-state index in [-0.39, 0.29) is 42.5 Å². The van der Waals surface area contributed by atoms with Gasteiger partial charge in [-0.15, -0.1) is 0 Å². The van der Waals surface area contributed by atoms with Gasteiger partial charge in [0.25, 0.3) is 5.91 Å². The molecule has 20 heavy (non-hydrogen) atoms. The lowest BCUT2D eigenvalue weighted by Gasteiger charge is -2.22. The van der Waals surface area contributed by atoms with Gasteiger partial charge in [-0.1, -0.05) is 13.0 Å². The molecule has 4 atom stereocenters. The van der Waals surface area contributed by atoms with Crippen molar-refractivity contribution in [3.05, 3.63) is 12.2 Å². The molecule has 0 bridgehead atoms. The molecule has 2 rings (SSSR count). The van der Waals surface area contributed by atoms with Crippen LogP contribution < -0.4 is 0 Å². The summed E-state index contributed by atoms with van der Waals surface area (Å²) in [5.41, 5.74) is 0. The van der Waals surface area contributed by atoms with Crippen LogP contribution in [-0.2, 0) is 14.3 Å². The molecule has 5 nitrogen and oxygen atoms in total. The van der Waals surface area contributed by atoms with Gasteiger partial charge >= 0.3 is 0 Å². The third-order valence-corrected chi connectivity index (χ3v) is 4.40. The number of carbonyl (C=O) groups is 2. The van der Waals surface area contributed by atoms with Gasteiger partial charge in [0.05, 0.1) is 18.8 Å². The molecule has 0 aromatic rings. The molecule has 0 aromatic heterocycles. The zero-order valence-electron chi connectivity index (χ0n) is 12.1. The van der Waals surface area contributed by atoms with Gasteiger partial charge in [-0.3, -0.25) is 14.5 Å². The normalized spacial score (nSPS) is 34.6. The summed E-state index contributed by atoms with van der Waals surface area (Å²) in [4.78, 5) is 24.9. The number of carbonyl (C=O) groups excluding carboxylic acids is 2. The van der Waals surface area contributed by atoms with E-state index in [1.807, 2.05) is 13.0 Å². The highest BCUT2D eigenvalue weighted by atomic mass is 16.5.